The molecule has 0 bridgehead atoms. The molecular formula is C8H13N. The second-order valence-corrected chi connectivity index (χ2v) is 2.40. The van der Waals surface area contributed by atoms with Gasteiger partial charge in [-0.25, -0.2) is 0 Å². The van der Waals surface area contributed by atoms with Crippen LogP contribution in [0.4, 0.5) is 0 Å². The maximum Gasteiger partial charge on any atom is 0.0689 e. The van der Waals surface area contributed by atoms with Crippen LogP contribution < -0.4 is 5.32 Å². The predicted octanol–water partition coefficient (Wildman–Crippen LogP) is 1.15. The minimum Gasteiger partial charge on any atom is -0.304 e. The zero-order valence-corrected chi connectivity index (χ0v) is 5.91. The minimum atomic E-state index is 0.490. The van der Waals surface area contributed by atoms with Crippen LogP contribution in [0, 0.1) is 11.8 Å². The lowest BCUT2D eigenvalue weighted by atomic mass is 10.1. The van der Waals surface area contributed by atoms with Crippen LogP contribution in [0.5, 0.6) is 0 Å². The summed E-state index contributed by atoms with van der Waals surface area (Å²) in [4.78, 5) is 0. The van der Waals surface area contributed by atoms with Crippen molar-refractivity contribution in [1.29, 1.82) is 0 Å². The van der Waals surface area contributed by atoms with Crippen molar-refractivity contribution in [2.75, 3.05) is 6.54 Å². The summed E-state index contributed by atoms with van der Waals surface area (Å²) in [6.07, 6.45) is 3.90. The van der Waals surface area contributed by atoms with Crippen molar-refractivity contribution in [2.45, 2.75) is 32.2 Å². The van der Waals surface area contributed by atoms with Crippen LogP contribution in [-0.4, -0.2) is 12.6 Å². The van der Waals surface area contributed by atoms with Crippen molar-refractivity contribution < 1.29 is 0 Å². The van der Waals surface area contributed by atoms with E-state index in [0.29, 0.717) is 6.04 Å². The van der Waals surface area contributed by atoms with Crippen LogP contribution in [0.2, 0.25) is 0 Å². The van der Waals surface area contributed by atoms with E-state index in [1.165, 1.54) is 19.3 Å². The van der Waals surface area contributed by atoms with Crippen LogP contribution in [-0.2, 0) is 0 Å². The van der Waals surface area contributed by atoms with E-state index >= 15 is 0 Å². The lowest BCUT2D eigenvalue weighted by Crippen LogP contribution is -2.32. The van der Waals surface area contributed by atoms with Gasteiger partial charge in [0.25, 0.3) is 0 Å². The lowest BCUT2D eigenvalue weighted by molar-refractivity contribution is 0.464. The largest absolute Gasteiger partial charge is 0.304 e. The molecule has 0 saturated carbocycles. The van der Waals surface area contributed by atoms with Crippen LogP contribution in [0.15, 0.2) is 0 Å². The zero-order chi connectivity index (χ0) is 6.53. The molecule has 0 spiro atoms. The van der Waals surface area contributed by atoms with Gasteiger partial charge in [-0.15, -0.1) is 5.92 Å². The highest BCUT2D eigenvalue weighted by atomic mass is 14.9. The molecule has 0 unspecified atom stereocenters. The molecule has 50 valence electrons. The quantitative estimate of drug-likeness (QED) is 0.476. The molecule has 1 nitrogen and oxygen atoms in total. The Morgan fingerprint density at radius 2 is 2.33 bits per heavy atom. The molecule has 1 atom stereocenters. The van der Waals surface area contributed by atoms with Gasteiger partial charge in [0.1, 0.15) is 0 Å². The van der Waals surface area contributed by atoms with Crippen LogP contribution >= 0.6 is 0 Å². The third-order valence-corrected chi connectivity index (χ3v) is 1.63. The summed E-state index contributed by atoms with van der Waals surface area (Å²) < 4.78 is 0. The fourth-order valence-corrected chi connectivity index (χ4v) is 1.15. The molecule has 1 saturated heterocycles. The summed E-state index contributed by atoms with van der Waals surface area (Å²) in [7, 11) is 0. The van der Waals surface area contributed by atoms with E-state index in [-0.39, 0.29) is 0 Å². The maximum absolute atomic E-state index is 3.35. The summed E-state index contributed by atoms with van der Waals surface area (Å²) in [5, 5.41) is 3.35. The summed E-state index contributed by atoms with van der Waals surface area (Å²) in [6.45, 7) is 3.05. The van der Waals surface area contributed by atoms with Gasteiger partial charge in [-0.05, 0) is 32.7 Å². The van der Waals surface area contributed by atoms with Gasteiger partial charge in [-0.3, -0.25) is 0 Å². The maximum atomic E-state index is 3.35. The first-order valence-electron chi connectivity index (χ1n) is 3.59. The number of rotatable bonds is 0. The zero-order valence-electron chi connectivity index (χ0n) is 5.91. The molecule has 1 aliphatic rings. The third kappa shape index (κ3) is 2.07. The van der Waals surface area contributed by atoms with Crippen molar-refractivity contribution in [1.82, 2.24) is 5.32 Å². The Morgan fingerprint density at radius 1 is 1.44 bits per heavy atom. The normalized spacial score (nSPS) is 26.6. The predicted molar refractivity (Wildman–Crippen MR) is 39.1 cm³/mol. The Hall–Kier alpha value is -0.480. The number of nitrogens with one attached hydrogen (secondary N) is 1. The van der Waals surface area contributed by atoms with Gasteiger partial charge in [0.2, 0.25) is 0 Å². The average molecular weight is 123 g/mol. The molecule has 1 aliphatic heterocycles. The van der Waals surface area contributed by atoms with Crippen LogP contribution in [0.1, 0.15) is 26.2 Å². The monoisotopic (exact) mass is 123 g/mol. The van der Waals surface area contributed by atoms with Gasteiger partial charge < -0.3 is 5.32 Å². The van der Waals surface area contributed by atoms with Crippen LogP contribution in [0.25, 0.3) is 0 Å². The van der Waals surface area contributed by atoms with Crippen molar-refractivity contribution >= 4 is 0 Å². The van der Waals surface area contributed by atoms with E-state index in [4.69, 9.17) is 0 Å². The first kappa shape index (κ1) is 6.64. The van der Waals surface area contributed by atoms with Gasteiger partial charge in [-0.2, -0.15) is 0 Å². The number of hydrogen-bond acceptors (Lipinski definition) is 1. The highest BCUT2D eigenvalue weighted by Gasteiger charge is 2.07. The fraction of sp³-hybridized carbons (Fsp3) is 0.750. The van der Waals surface area contributed by atoms with Crippen molar-refractivity contribution in [3.05, 3.63) is 0 Å². The van der Waals surface area contributed by atoms with Gasteiger partial charge in [-0.1, -0.05) is 5.92 Å². The number of hydrogen-bond donors (Lipinski definition) is 1. The van der Waals surface area contributed by atoms with Crippen molar-refractivity contribution in [3.8, 4) is 11.8 Å². The summed E-state index contributed by atoms with van der Waals surface area (Å²) in [5.74, 6) is 6.05. The van der Waals surface area contributed by atoms with Gasteiger partial charge >= 0.3 is 0 Å². The van der Waals surface area contributed by atoms with Gasteiger partial charge in [0.05, 0.1) is 6.04 Å². The van der Waals surface area contributed by atoms with E-state index in [1.54, 1.807) is 0 Å². The third-order valence-electron chi connectivity index (χ3n) is 1.63. The van der Waals surface area contributed by atoms with Crippen LogP contribution in [0.3, 0.4) is 0 Å². The highest BCUT2D eigenvalue weighted by molar-refractivity contribution is 5.06. The van der Waals surface area contributed by atoms with Gasteiger partial charge in [0.15, 0.2) is 0 Å². The Labute approximate surface area is 56.8 Å². The SMILES string of the molecule is CC#C[C@@H]1CCCCN1. The molecule has 0 amide bonds. The molecule has 1 heteroatoms. The first-order chi connectivity index (χ1) is 4.43. The van der Waals surface area contributed by atoms with E-state index in [1.807, 2.05) is 6.92 Å². The molecule has 0 aromatic rings. The number of piperidine rings is 1. The Balaban J connectivity index is 2.28. The molecule has 1 fully saturated rings. The van der Waals surface area contributed by atoms with E-state index in [2.05, 4.69) is 17.2 Å². The summed E-state index contributed by atoms with van der Waals surface area (Å²) in [6, 6.07) is 0.490. The van der Waals surface area contributed by atoms with Crippen molar-refractivity contribution in [3.63, 3.8) is 0 Å². The lowest BCUT2D eigenvalue weighted by Gasteiger charge is -2.17. The molecular weight excluding hydrogens is 110 g/mol. The molecule has 1 heterocycles. The second kappa shape index (κ2) is 3.53. The topological polar surface area (TPSA) is 12.0 Å². The summed E-state index contributed by atoms with van der Waals surface area (Å²) >= 11 is 0. The molecule has 1 rings (SSSR count). The molecule has 1 N–H and O–H groups in total. The first-order valence-corrected chi connectivity index (χ1v) is 3.59. The average Bonchev–Trinajstić information content (AvgIpc) is 1.91. The molecule has 0 aromatic carbocycles. The van der Waals surface area contributed by atoms with E-state index in [0.717, 1.165) is 6.54 Å². The minimum absolute atomic E-state index is 0.490. The Morgan fingerprint density at radius 3 is 2.89 bits per heavy atom. The molecule has 0 aromatic heterocycles. The van der Waals surface area contributed by atoms with E-state index in [9.17, 15) is 0 Å². The highest BCUT2D eigenvalue weighted by Crippen LogP contribution is 2.04. The Kier molecular flexibility index (Phi) is 2.60. The summed E-state index contributed by atoms with van der Waals surface area (Å²) in [5.41, 5.74) is 0. The fourth-order valence-electron chi connectivity index (χ4n) is 1.15. The van der Waals surface area contributed by atoms with E-state index < -0.39 is 0 Å². The molecule has 9 heavy (non-hydrogen) atoms. The standard InChI is InChI=1S/C8H13N/c1-2-5-8-6-3-4-7-9-8/h8-9H,3-4,6-7H2,1H3/t8-/m1/s1. The Bertz CT molecular complexity index is 123. The molecule has 0 radical (unpaired) electrons. The second-order valence-electron chi connectivity index (χ2n) is 2.40. The van der Waals surface area contributed by atoms with Gasteiger partial charge in [0, 0.05) is 0 Å². The molecule has 0 aliphatic carbocycles. The van der Waals surface area contributed by atoms with Crippen molar-refractivity contribution in [2.24, 2.45) is 0 Å². The smallest absolute Gasteiger partial charge is 0.0689 e.